The third-order valence-electron chi connectivity index (χ3n) is 16.4. The second kappa shape index (κ2) is 31.9. The lowest BCUT2D eigenvalue weighted by molar-refractivity contribution is 0.0703. The molecule has 0 radical (unpaired) electrons. The molecule has 0 atom stereocenters. The van der Waals surface area contributed by atoms with E-state index in [1.165, 1.54) is 36.4 Å². The van der Waals surface area contributed by atoms with Crippen molar-refractivity contribution >= 4 is 53.7 Å². The van der Waals surface area contributed by atoms with Crippen LogP contribution in [0.15, 0.2) is 237 Å². The van der Waals surface area contributed by atoms with Gasteiger partial charge in [0.05, 0.1) is 50.1 Å². The van der Waals surface area contributed by atoms with Gasteiger partial charge in [0.15, 0.2) is 0 Å². The van der Waals surface area contributed by atoms with Crippen molar-refractivity contribution in [3.63, 3.8) is 0 Å². The van der Waals surface area contributed by atoms with Gasteiger partial charge in [-0.3, -0.25) is 0 Å². The van der Waals surface area contributed by atoms with Crippen LogP contribution in [0, 0.1) is 0 Å². The highest BCUT2D eigenvalue weighted by molar-refractivity contribution is 5.99. The molecule has 0 aliphatic heterocycles. The normalized spacial score (nSPS) is 10.9. The number of aromatic hydroxyl groups is 12. The Kier molecular flexibility index (Phi) is 21.5. The molecule has 0 heterocycles. The number of rotatable bonds is 21. The molecule has 0 aromatic heterocycles. The quantitative estimate of drug-likeness (QED) is 0.0181. The van der Waals surface area contributed by atoms with Gasteiger partial charge >= 0.3 is 53.7 Å². The maximum atomic E-state index is 14.2. The first-order valence-corrected chi connectivity index (χ1v) is 32.7. The molecule has 0 spiro atoms. The van der Waals surface area contributed by atoms with E-state index in [0.29, 0.717) is 16.7 Å². The van der Waals surface area contributed by atoms with Crippen LogP contribution in [0.3, 0.4) is 0 Å². The maximum absolute atomic E-state index is 14.2. The van der Waals surface area contributed by atoms with Gasteiger partial charge in [0.1, 0.15) is 121 Å². The molecule has 30 heteroatoms. The Bertz CT molecular complexity index is 4910. The van der Waals surface area contributed by atoms with Crippen molar-refractivity contribution in [2.24, 2.45) is 0 Å². The van der Waals surface area contributed by atoms with Crippen molar-refractivity contribution in [3.05, 3.63) is 303 Å². The molecular weight excluding hydrogens is 1480 g/mol. The van der Waals surface area contributed by atoms with Crippen LogP contribution in [-0.4, -0.2) is 115 Å². The molecular formula is C83H54O30. The summed E-state index contributed by atoms with van der Waals surface area (Å²) < 4.78 is 50.4. The van der Waals surface area contributed by atoms with Gasteiger partial charge in [0.2, 0.25) is 0 Å². The summed E-state index contributed by atoms with van der Waals surface area (Å²) in [6, 6.07) is 44.4. The zero-order chi connectivity index (χ0) is 80.7. The largest absolute Gasteiger partial charge is 0.508 e. The van der Waals surface area contributed by atoms with Gasteiger partial charge in [-0.25, -0.2) is 43.2 Å². The van der Waals surface area contributed by atoms with E-state index >= 15 is 0 Å². The third-order valence-corrected chi connectivity index (χ3v) is 16.4. The Hall–Kier alpha value is -16.5. The maximum Gasteiger partial charge on any atom is 0.343 e. The third kappa shape index (κ3) is 18.7. The van der Waals surface area contributed by atoms with E-state index < -0.39 is 163 Å². The Morgan fingerprint density at radius 3 is 0.442 bits per heavy atom. The molecule has 0 aliphatic carbocycles. The topological polar surface area (TPSA) is 479 Å². The fourth-order valence-corrected chi connectivity index (χ4v) is 11.3. The Labute approximate surface area is 634 Å². The van der Waals surface area contributed by atoms with Crippen LogP contribution in [-0.2, 0) is 5.41 Å². The first-order valence-electron chi connectivity index (χ1n) is 32.7. The van der Waals surface area contributed by atoms with Crippen LogP contribution >= 0.6 is 0 Å². The van der Waals surface area contributed by atoms with E-state index in [0.717, 1.165) is 164 Å². The molecule has 0 aliphatic rings. The van der Waals surface area contributed by atoms with Crippen molar-refractivity contribution in [2.45, 2.75) is 12.3 Å². The van der Waals surface area contributed by atoms with Gasteiger partial charge < -0.3 is 104 Å². The molecule has 12 aromatic rings. The fraction of sp³-hybridized carbons (Fsp3) is 0.0241. The van der Waals surface area contributed by atoms with Crippen molar-refractivity contribution < 1.29 is 147 Å². The van der Waals surface area contributed by atoms with Crippen LogP contribution in [0.1, 0.15) is 117 Å². The molecule has 566 valence electrons. The second-order valence-corrected chi connectivity index (χ2v) is 24.7. The Morgan fingerprint density at radius 2 is 0.301 bits per heavy atom. The minimum Gasteiger partial charge on any atom is -0.508 e. The number of hydrogen-bond donors (Lipinski definition) is 12. The molecule has 0 fully saturated rings. The van der Waals surface area contributed by atoms with Crippen LogP contribution in [0.25, 0.3) is 0 Å². The highest BCUT2D eigenvalue weighted by atomic mass is 16.6. The average Bonchev–Trinajstić information content (AvgIpc) is 0.758. The number of ether oxygens (including phenoxy) is 9. The lowest BCUT2D eigenvalue weighted by Crippen LogP contribution is -2.25. The summed E-state index contributed by atoms with van der Waals surface area (Å²) in [7, 11) is 0. The molecule has 0 unspecified atom stereocenters. The van der Waals surface area contributed by atoms with Gasteiger partial charge in [-0.2, -0.15) is 0 Å². The van der Waals surface area contributed by atoms with E-state index in [2.05, 4.69) is 0 Å². The van der Waals surface area contributed by atoms with Gasteiger partial charge in [0.25, 0.3) is 0 Å². The second-order valence-electron chi connectivity index (χ2n) is 24.7. The summed E-state index contributed by atoms with van der Waals surface area (Å²) in [4.78, 5) is 123. The number of phenols is 12. The lowest BCUT2D eigenvalue weighted by Gasteiger charge is -2.32. The molecule has 113 heavy (non-hydrogen) atoms. The molecule has 30 nitrogen and oxygen atoms in total. The fourth-order valence-electron chi connectivity index (χ4n) is 11.3. The van der Waals surface area contributed by atoms with E-state index in [9.17, 15) is 104 Å². The smallest absolute Gasteiger partial charge is 0.343 e. The summed E-state index contributed by atoms with van der Waals surface area (Å²) in [6.07, 6.45) is 0. The minimum atomic E-state index is -1.34. The van der Waals surface area contributed by atoms with E-state index in [1.54, 1.807) is 43.3 Å². The van der Waals surface area contributed by atoms with E-state index in [-0.39, 0.29) is 67.3 Å². The number of benzene rings is 12. The van der Waals surface area contributed by atoms with Crippen molar-refractivity contribution in [3.8, 4) is 121 Å². The molecule has 0 saturated heterocycles. The van der Waals surface area contributed by atoms with Crippen molar-refractivity contribution in [2.75, 3.05) is 0 Å². The molecule has 0 bridgehead atoms. The summed E-state index contributed by atoms with van der Waals surface area (Å²) in [5.74, 6) is -19.2. The summed E-state index contributed by atoms with van der Waals surface area (Å²) >= 11 is 0. The van der Waals surface area contributed by atoms with Crippen LogP contribution in [0.5, 0.6) is 121 Å². The lowest BCUT2D eigenvalue weighted by atomic mass is 9.71. The predicted molar refractivity (Wildman–Crippen MR) is 387 cm³/mol. The van der Waals surface area contributed by atoms with Crippen molar-refractivity contribution in [1.29, 1.82) is 0 Å². The molecule has 12 aromatic carbocycles. The van der Waals surface area contributed by atoms with Crippen LogP contribution in [0.4, 0.5) is 0 Å². The van der Waals surface area contributed by atoms with Gasteiger partial charge in [-0.05, 0) is 169 Å². The number of hydrogen-bond acceptors (Lipinski definition) is 30. The first kappa shape index (κ1) is 76.1. The molecule has 0 saturated carbocycles. The van der Waals surface area contributed by atoms with Gasteiger partial charge in [-0.15, -0.1) is 0 Å². The van der Waals surface area contributed by atoms with Gasteiger partial charge in [-0.1, -0.05) is 36.4 Å². The SMILES string of the molecule is CC(c1ccc(OC(=O)c2cc(OC(=O)c3cc(O)cc(O)c3)cc(OC(=O)c3cc(O)cc(O)c3)c2)cc1)(c1ccc(OC(=O)c2cc(OC(=O)c3cc(O)cc(O)c3)cc(OC(=O)c3cc(O)cc(O)c3)c2)cc1)c1ccc(OC(=O)c2cc(OC(=O)c3cc(O)cc(O)c3)cc(OC(=O)c3cc(O)cc(O)c3)c2)cc1. The Balaban J connectivity index is 0.862. The van der Waals surface area contributed by atoms with Crippen LogP contribution in [0.2, 0.25) is 0 Å². The number of phenolic OH excluding ortho intramolecular Hbond substituents is 12. The summed E-state index contributed by atoms with van der Waals surface area (Å²) in [6.45, 7) is 1.75. The monoisotopic (exact) mass is 1530 g/mol. The Morgan fingerprint density at radius 1 is 0.177 bits per heavy atom. The summed E-state index contributed by atoms with van der Waals surface area (Å²) in [5, 5.41) is 121. The zero-order valence-electron chi connectivity index (χ0n) is 57.7. The van der Waals surface area contributed by atoms with Crippen LogP contribution < -0.4 is 42.6 Å². The number of carbonyl (C=O) groups is 9. The molecule has 12 rings (SSSR count). The van der Waals surface area contributed by atoms with E-state index in [4.69, 9.17) is 42.6 Å². The predicted octanol–water partition coefficient (Wildman–Crippen LogP) is 12.5. The molecule has 12 N–H and O–H groups in total. The first-order chi connectivity index (χ1) is 53.8. The highest BCUT2D eigenvalue weighted by Crippen LogP contribution is 2.42. The summed E-state index contributed by atoms with van der Waals surface area (Å²) in [5.41, 5.74) is -3.21. The number of esters is 9. The standard InChI is InChI=1S/C83H54O30/c1-83(50-2-8-65(9-3-50)105-80(102)47-26-68(108-74(96)41-14-53(84)32-54(85)15-41)38-69(27-47)109-75(97)42-16-55(86)33-56(87)17-42,51-4-10-66(11-5-51)106-81(103)48-28-70(110-76(98)43-18-57(88)34-58(89)19-43)39-71(29-48)111-77(99)44-20-59(90)35-60(91)21-44)52-6-12-67(13-7-52)107-82(104)49-30-72(112-78(100)45-22-61(92)36-62(93)23-45)40-73(31-49)113-79(101)46-24-63(94)37-64(95)25-46/h2-40,84-95H,1H3. The number of carbonyl (C=O) groups excluding carboxylic acids is 9. The zero-order valence-corrected chi connectivity index (χ0v) is 57.7. The minimum absolute atomic E-state index is 0.111. The van der Waals surface area contributed by atoms with E-state index in [1.807, 2.05) is 0 Å². The van der Waals surface area contributed by atoms with Crippen molar-refractivity contribution in [1.82, 2.24) is 0 Å². The highest BCUT2D eigenvalue weighted by Gasteiger charge is 2.33. The van der Waals surface area contributed by atoms with Gasteiger partial charge in [0, 0.05) is 60.0 Å². The average molecular weight is 1530 g/mol. The molecule has 0 amide bonds.